The smallest absolute Gasteiger partial charge is 0.187 e. The highest BCUT2D eigenvalue weighted by Crippen LogP contribution is 2.38. The summed E-state index contributed by atoms with van der Waals surface area (Å²) in [6.07, 6.45) is 5.42. The fourth-order valence-corrected chi connectivity index (χ4v) is 5.46. The van der Waals surface area contributed by atoms with E-state index in [-0.39, 0.29) is 11.9 Å². The summed E-state index contributed by atoms with van der Waals surface area (Å²) in [4.78, 5) is 18.2. The average molecular weight is 524 g/mol. The number of hydrogen-bond donors (Lipinski definition) is 1. The molecule has 176 valence electrons. The van der Waals surface area contributed by atoms with Gasteiger partial charge in [-0.25, -0.2) is 14.4 Å². The summed E-state index contributed by atoms with van der Waals surface area (Å²) in [6.45, 7) is 5.59. The lowest BCUT2D eigenvalue weighted by atomic mass is 9.84. The number of aromatic nitrogens is 5. The van der Waals surface area contributed by atoms with E-state index in [4.69, 9.17) is 0 Å². The van der Waals surface area contributed by atoms with Gasteiger partial charge in [0, 0.05) is 31.9 Å². The van der Waals surface area contributed by atoms with Gasteiger partial charge in [0.15, 0.2) is 5.65 Å². The molecule has 34 heavy (non-hydrogen) atoms. The number of aromatic amines is 1. The van der Waals surface area contributed by atoms with Gasteiger partial charge < -0.3 is 4.90 Å². The van der Waals surface area contributed by atoms with Gasteiger partial charge >= 0.3 is 0 Å². The van der Waals surface area contributed by atoms with Gasteiger partial charge in [0.1, 0.15) is 22.6 Å². The number of pyridine rings is 1. The Balaban J connectivity index is 1.40. The molecule has 1 saturated heterocycles. The lowest BCUT2D eigenvalue weighted by Crippen LogP contribution is -2.41. The summed E-state index contributed by atoms with van der Waals surface area (Å²) in [5.74, 6) is 1.13. The molecule has 1 unspecified atom stereocenters. The van der Waals surface area contributed by atoms with E-state index in [1.54, 1.807) is 18.5 Å². The van der Waals surface area contributed by atoms with Crippen molar-refractivity contribution >= 4 is 32.8 Å². The Morgan fingerprint density at radius 1 is 1.12 bits per heavy atom. The van der Waals surface area contributed by atoms with Gasteiger partial charge in [0.25, 0.3) is 0 Å². The monoisotopic (exact) mass is 523 g/mol. The molecule has 9 heteroatoms. The van der Waals surface area contributed by atoms with Crippen molar-refractivity contribution in [3.05, 3.63) is 76.7 Å². The maximum Gasteiger partial charge on any atom is 0.187 e. The maximum atomic E-state index is 13.7. The summed E-state index contributed by atoms with van der Waals surface area (Å²) in [6, 6.07) is 13.2. The lowest BCUT2D eigenvalue weighted by molar-refractivity contribution is 0.122. The Morgan fingerprint density at radius 2 is 1.91 bits per heavy atom. The van der Waals surface area contributed by atoms with Crippen molar-refractivity contribution in [2.24, 2.45) is 5.92 Å². The first-order chi connectivity index (χ1) is 16.6. The van der Waals surface area contributed by atoms with Gasteiger partial charge in [-0.1, -0.05) is 25.1 Å². The van der Waals surface area contributed by atoms with Gasteiger partial charge in [-0.05, 0) is 71.1 Å². The number of benzene rings is 1. The van der Waals surface area contributed by atoms with Crippen molar-refractivity contribution in [1.29, 1.82) is 0 Å². The molecule has 1 aliphatic rings. The van der Waals surface area contributed by atoms with Crippen molar-refractivity contribution in [3.63, 3.8) is 0 Å². The zero-order valence-corrected chi connectivity index (χ0v) is 20.6. The largest absolute Gasteiger partial charge is 0.356 e. The van der Waals surface area contributed by atoms with Gasteiger partial charge in [-0.15, -0.1) is 0 Å². The number of nitrogens with zero attached hydrogens (tertiary/aromatic N) is 6. The second-order valence-corrected chi connectivity index (χ2v) is 9.43. The van der Waals surface area contributed by atoms with E-state index in [0.29, 0.717) is 11.6 Å². The minimum Gasteiger partial charge on any atom is -0.356 e. The number of halogens is 2. The third-order valence-corrected chi connectivity index (χ3v) is 7.25. The van der Waals surface area contributed by atoms with Crippen LogP contribution in [0.25, 0.3) is 11.0 Å². The molecule has 0 bridgehead atoms. The first-order valence-electron chi connectivity index (χ1n) is 11.6. The summed E-state index contributed by atoms with van der Waals surface area (Å²) in [5, 5.41) is 8.11. The summed E-state index contributed by atoms with van der Waals surface area (Å²) in [7, 11) is 0. The molecular weight excluding hydrogens is 497 g/mol. The van der Waals surface area contributed by atoms with Crippen LogP contribution in [0.1, 0.15) is 37.1 Å². The third kappa shape index (κ3) is 4.67. The van der Waals surface area contributed by atoms with Crippen molar-refractivity contribution in [2.75, 3.05) is 24.5 Å². The summed E-state index contributed by atoms with van der Waals surface area (Å²) < 4.78 is 14.5. The van der Waals surface area contributed by atoms with Crippen molar-refractivity contribution in [1.82, 2.24) is 30.0 Å². The molecule has 0 radical (unpaired) electrons. The Morgan fingerprint density at radius 3 is 2.62 bits per heavy atom. The molecule has 0 aliphatic carbocycles. The van der Waals surface area contributed by atoms with E-state index in [1.807, 2.05) is 30.5 Å². The molecule has 1 fully saturated rings. The second-order valence-electron chi connectivity index (χ2n) is 8.64. The van der Waals surface area contributed by atoms with Crippen molar-refractivity contribution in [3.8, 4) is 0 Å². The number of anilines is 1. The molecule has 7 nitrogen and oxygen atoms in total. The van der Waals surface area contributed by atoms with E-state index in [1.165, 1.54) is 0 Å². The van der Waals surface area contributed by atoms with E-state index < -0.39 is 0 Å². The zero-order valence-electron chi connectivity index (χ0n) is 19.0. The van der Waals surface area contributed by atoms with Gasteiger partial charge in [-0.3, -0.25) is 15.0 Å². The standard InChI is InChI=1S/C25H27BrFN7/c1-2-33(15-20-5-3-4-12-28-20)22(17-6-8-19(27)9-7-17)18-10-13-34(14-11-18)25-21-23(26)31-32-24(21)29-16-30-25/h3-9,12,16,18,22H,2,10-11,13-15H2,1H3,(H,29,30,31,32). The molecule has 3 aromatic heterocycles. The predicted molar refractivity (Wildman–Crippen MR) is 134 cm³/mol. The molecular formula is C25H27BrFN7. The van der Waals surface area contributed by atoms with Crippen LogP contribution in [0.2, 0.25) is 0 Å². The van der Waals surface area contributed by atoms with Crippen LogP contribution in [0, 0.1) is 11.7 Å². The number of rotatable bonds is 7. The van der Waals surface area contributed by atoms with E-state index in [9.17, 15) is 4.39 Å². The zero-order chi connectivity index (χ0) is 23.5. The number of nitrogens with one attached hydrogen (secondary N) is 1. The van der Waals surface area contributed by atoms with Gasteiger partial charge in [0.05, 0.1) is 11.1 Å². The molecule has 1 aliphatic heterocycles. The predicted octanol–water partition coefficient (Wildman–Crippen LogP) is 5.13. The molecule has 0 spiro atoms. The molecule has 1 aromatic carbocycles. The van der Waals surface area contributed by atoms with Crippen LogP contribution >= 0.6 is 15.9 Å². The molecule has 0 amide bonds. The molecule has 1 N–H and O–H groups in total. The maximum absolute atomic E-state index is 13.7. The fourth-order valence-electron chi connectivity index (χ4n) is 5.02. The normalized spacial score (nSPS) is 15.8. The number of fused-ring (bicyclic) bond motifs is 1. The minimum absolute atomic E-state index is 0.181. The topological polar surface area (TPSA) is 73.8 Å². The SMILES string of the molecule is CCN(Cc1ccccn1)C(c1ccc(F)cc1)C1CCN(c2ncnc3n[nH]c(Br)c23)CC1. The second kappa shape index (κ2) is 10.1. The first-order valence-corrected chi connectivity index (χ1v) is 12.4. The minimum atomic E-state index is -0.205. The first kappa shape index (κ1) is 22.9. The van der Waals surface area contributed by atoms with Crippen LogP contribution in [-0.2, 0) is 6.54 Å². The third-order valence-electron chi connectivity index (χ3n) is 6.67. The average Bonchev–Trinajstić information content (AvgIpc) is 3.27. The Labute approximate surface area is 206 Å². The number of H-pyrrole nitrogens is 1. The van der Waals surface area contributed by atoms with Crippen LogP contribution in [0.4, 0.5) is 10.2 Å². The van der Waals surface area contributed by atoms with Crippen LogP contribution in [0.15, 0.2) is 59.6 Å². The Hall–Kier alpha value is -2.91. The molecule has 4 heterocycles. The molecule has 4 aromatic rings. The Kier molecular flexibility index (Phi) is 6.82. The van der Waals surface area contributed by atoms with E-state index in [0.717, 1.165) is 66.1 Å². The van der Waals surface area contributed by atoms with Gasteiger partial charge in [0.2, 0.25) is 0 Å². The summed E-state index contributed by atoms with van der Waals surface area (Å²) in [5.41, 5.74) is 2.86. The van der Waals surface area contributed by atoms with Crippen LogP contribution in [-0.4, -0.2) is 49.7 Å². The van der Waals surface area contributed by atoms with Crippen LogP contribution < -0.4 is 4.90 Å². The van der Waals surface area contributed by atoms with E-state index in [2.05, 4.69) is 63.9 Å². The molecule has 0 saturated carbocycles. The van der Waals surface area contributed by atoms with Crippen molar-refractivity contribution in [2.45, 2.75) is 32.4 Å². The van der Waals surface area contributed by atoms with Crippen molar-refractivity contribution < 1.29 is 4.39 Å². The molecule has 5 rings (SSSR count). The molecule has 1 atom stereocenters. The Bertz CT molecular complexity index is 1220. The quantitative estimate of drug-likeness (QED) is 0.362. The van der Waals surface area contributed by atoms with Gasteiger partial charge in [-0.2, -0.15) is 5.10 Å². The van der Waals surface area contributed by atoms with Crippen LogP contribution in [0.5, 0.6) is 0 Å². The van der Waals surface area contributed by atoms with Crippen LogP contribution in [0.3, 0.4) is 0 Å². The summed E-state index contributed by atoms with van der Waals surface area (Å²) >= 11 is 3.55. The number of hydrogen-bond acceptors (Lipinski definition) is 6. The van der Waals surface area contributed by atoms with E-state index >= 15 is 0 Å². The highest BCUT2D eigenvalue weighted by molar-refractivity contribution is 9.10. The highest BCUT2D eigenvalue weighted by atomic mass is 79.9. The highest BCUT2D eigenvalue weighted by Gasteiger charge is 2.33. The lowest BCUT2D eigenvalue weighted by Gasteiger charge is -2.41. The number of piperidine rings is 1. The fraction of sp³-hybridized carbons (Fsp3) is 0.360.